The molecule has 81 heavy (non-hydrogen) atoms. The van der Waals surface area contributed by atoms with Gasteiger partial charge >= 0.3 is 11.9 Å². The number of unbranched alkanes of at least 4 members (excludes halogenated alkanes) is 33. The van der Waals surface area contributed by atoms with Gasteiger partial charge in [0.2, 0.25) is 0 Å². The number of carbonyl (C=O) groups is 3. The molecule has 0 saturated heterocycles. The Bertz CT molecular complexity index is 1600. The van der Waals surface area contributed by atoms with Crippen LogP contribution >= 0.6 is 0 Å². The molecule has 0 saturated carbocycles. The summed E-state index contributed by atoms with van der Waals surface area (Å²) in [5.74, 6) is -2.27. The molecule has 0 N–H and O–H groups in total. The molecule has 0 aliphatic carbocycles. The van der Waals surface area contributed by atoms with Gasteiger partial charge in [0.15, 0.2) is 12.4 Å². The molecule has 0 aromatic carbocycles. The normalized spacial score (nSPS) is 13.2. The van der Waals surface area contributed by atoms with Crippen LogP contribution in [0.4, 0.5) is 0 Å². The third-order valence-corrected chi connectivity index (χ3v) is 14.7. The molecule has 0 spiro atoms. The maximum atomic E-state index is 12.9. The first-order valence-electron chi connectivity index (χ1n) is 33.7. The Hall–Kier alpha value is -3.53. The second-order valence-electron chi connectivity index (χ2n) is 23.7. The number of likely N-dealkylation sites (N-methyl/N-ethyl adjacent to an activating group) is 1. The largest absolute Gasteiger partial charge is 0.545 e. The molecule has 0 amide bonds. The van der Waals surface area contributed by atoms with Gasteiger partial charge < -0.3 is 33.3 Å². The van der Waals surface area contributed by atoms with Crippen LogP contribution in [0, 0.1) is 0 Å². The Labute approximate surface area is 500 Å². The van der Waals surface area contributed by atoms with E-state index in [1.54, 1.807) is 0 Å². The van der Waals surface area contributed by atoms with Gasteiger partial charge in [-0.3, -0.25) is 9.59 Å². The second kappa shape index (κ2) is 62.5. The van der Waals surface area contributed by atoms with E-state index in [0.29, 0.717) is 23.9 Å². The van der Waals surface area contributed by atoms with Crippen molar-refractivity contribution >= 4 is 17.9 Å². The van der Waals surface area contributed by atoms with Crippen molar-refractivity contribution in [2.45, 2.75) is 309 Å². The minimum Gasteiger partial charge on any atom is -0.545 e. The molecule has 0 rings (SSSR count). The topological polar surface area (TPSA) is 111 Å². The number of hydrogen-bond acceptors (Lipinski definition) is 8. The predicted octanol–water partition coefficient (Wildman–Crippen LogP) is 19.4. The van der Waals surface area contributed by atoms with Crippen molar-refractivity contribution in [1.29, 1.82) is 0 Å². The summed E-state index contributed by atoms with van der Waals surface area (Å²) in [4.78, 5) is 37.3. The third-order valence-electron chi connectivity index (χ3n) is 14.7. The number of carboxylic acid groups (broad SMARTS) is 1. The number of rotatable bonds is 62. The maximum absolute atomic E-state index is 12.9. The number of esters is 2. The van der Waals surface area contributed by atoms with E-state index in [4.69, 9.17) is 18.9 Å². The summed E-state index contributed by atoms with van der Waals surface area (Å²) in [7, 11) is 5.93. The molecule has 468 valence electrons. The zero-order valence-electron chi connectivity index (χ0n) is 53.4. The number of ether oxygens (including phenoxy) is 4. The van der Waals surface area contributed by atoms with Gasteiger partial charge in [0.25, 0.3) is 0 Å². The zero-order chi connectivity index (χ0) is 59.1. The van der Waals surface area contributed by atoms with Crippen LogP contribution in [-0.2, 0) is 33.3 Å². The lowest BCUT2D eigenvalue weighted by atomic mass is 10.0. The summed E-state index contributed by atoms with van der Waals surface area (Å²) in [6, 6.07) is 0. The van der Waals surface area contributed by atoms with Crippen LogP contribution in [-0.4, -0.2) is 82.3 Å². The summed E-state index contributed by atoms with van der Waals surface area (Å²) in [5.41, 5.74) is 0. The quantitative estimate of drug-likeness (QED) is 0.0195. The fourth-order valence-corrected chi connectivity index (χ4v) is 9.52. The Morgan fingerprint density at radius 1 is 0.383 bits per heavy atom. The van der Waals surface area contributed by atoms with Crippen molar-refractivity contribution in [2.24, 2.45) is 0 Å². The van der Waals surface area contributed by atoms with Gasteiger partial charge in [-0.15, -0.1) is 0 Å². The van der Waals surface area contributed by atoms with Crippen LogP contribution in [0.1, 0.15) is 296 Å². The van der Waals surface area contributed by atoms with Gasteiger partial charge in [0.1, 0.15) is 13.2 Å². The number of carboxylic acids is 1. The molecular weight excluding hydrogens is 1010 g/mol. The fraction of sp³-hybridized carbons (Fsp3) is 0.764. The van der Waals surface area contributed by atoms with Crippen molar-refractivity contribution in [3.63, 3.8) is 0 Å². The molecule has 0 aromatic rings. The predicted molar refractivity (Wildman–Crippen MR) is 343 cm³/mol. The molecule has 9 nitrogen and oxygen atoms in total. The van der Waals surface area contributed by atoms with Crippen LogP contribution in [0.15, 0.2) is 85.1 Å². The van der Waals surface area contributed by atoms with E-state index in [1.165, 1.54) is 186 Å². The van der Waals surface area contributed by atoms with Crippen LogP contribution in [0.5, 0.6) is 0 Å². The van der Waals surface area contributed by atoms with E-state index in [9.17, 15) is 19.5 Å². The first kappa shape index (κ1) is 77.5. The molecule has 9 heteroatoms. The highest BCUT2D eigenvalue weighted by Gasteiger charge is 2.22. The van der Waals surface area contributed by atoms with Crippen LogP contribution in [0.3, 0.4) is 0 Å². The first-order valence-corrected chi connectivity index (χ1v) is 33.7. The van der Waals surface area contributed by atoms with E-state index in [0.717, 1.165) is 77.0 Å². The number of carbonyl (C=O) groups excluding carboxylic acids is 3. The molecule has 2 unspecified atom stereocenters. The fourth-order valence-electron chi connectivity index (χ4n) is 9.52. The first-order chi connectivity index (χ1) is 39.6. The molecule has 0 bridgehead atoms. The average molecular weight is 1130 g/mol. The molecule has 0 radical (unpaired) electrons. The Morgan fingerprint density at radius 3 is 1.05 bits per heavy atom. The lowest BCUT2D eigenvalue weighted by Crippen LogP contribution is -2.44. The summed E-state index contributed by atoms with van der Waals surface area (Å²) >= 11 is 0. The number of nitrogens with zero attached hydrogens (tertiary/aromatic N) is 1. The standard InChI is InChI=1S/C72H127NO8/c1-6-8-10-12-14-16-18-20-22-23-24-25-26-27-28-29-30-31-32-33-34-35-36-37-38-39-40-41-42-43-44-45-46-47-49-51-53-55-57-59-61-63-70(75)81-68(67-80-72(71(76)77)78-65-64-73(3,4)5)66-79-69(74)62-60-58-56-54-52-50-48-21-19-17-15-13-11-9-7-2/h8,10,14,16,20,22,24-25,27-28,30-31,33-34,68,72H,6-7,9,11-13,15,17-19,21,23,26,29,32,35-67H2,1-5H3/b10-8-,16-14-,22-20-,25-24-,28-27-,31-30-,34-33-. The van der Waals surface area contributed by atoms with E-state index in [1.807, 2.05) is 21.1 Å². The lowest BCUT2D eigenvalue weighted by Gasteiger charge is -2.26. The highest BCUT2D eigenvalue weighted by atomic mass is 16.7. The van der Waals surface area contributed by atoms with Gasteiger partial charge in [-0.05, 0) is 70.6 Å². The third kappa shape index (κ3) is 63.9. The summed E-state index contributed by atoms with van der Waals surface area (Å²) in [6.07, 6.45) is 81.0. The summed E-state index contributed by atoms with van der Waals surface area (Å²) in [6.45, 7) is 4.67. The molecule has 0 aromatic heterocycles. The molecule has 0 aliphatic rings. The van der Waals surface area contributed by atoms with Crippen LogP contribution < -0.4 is 5.11 Å². The highest BCUT2D eigenvalue weighted by Crippen LogP contribution is 2.18. The van der Waals surface area contributed by atoms with Gasteiger partial charge in [-0.2, -0.15) is 0 Å². The van der Waals surface area contributed by atoms with Crippen molar-refractivity contribution in [3.8, 4) is 0 Å². The van der Waals surface area contributed by atoms with Crippen LogP contribution in [0.2, 0.25) is 0 Å². The van der Waals surface area contributed by atoms with Crippen molar-refractivity contribution in [2.75, 3.05) is 47.5 Å². The minimum absolute atomic E-state index is 0.149. The summed E-state index contributed by atoms with van der Waals surface area (Å²) < 4.78 is 22.7. The van der Waals surface area contributed by atoms with Crippen LogP contribution in [0.25, 0.3) is 0 Å². The van der Waals surface area contributed by atoms with E-state index < -0.39 is 24.3 Å². The second-order valence-corrected chi connectivity index (χ2v) is 23.7. The number of aliphatic carboxylic acids is 1. The number of hydrogen-bond donors (Lipinski definition) is 0. The molecular formula is C72H127NO8. The SMILES string of the molecule is CC/C=C\C/C=C\C/C=C\C/C=C\C/C=C\C/C=C\C/C=C\CCCCCCCCCCCCCCCCCCCCCC(=O)OC(COC(=O)CCCCCCCCCCCCCCCCC)COC(OCC[N+](C)(C)C)C(=O)[O-]. The minimum atomic E-state index is -1.62. The Morgan fingerprint density at radius 2 is 0.704 bits per heavy atom. The van der Waals surface area contributed by atoms with Gasteiger partial charge in [-0.1, -0.05) is 298 Å². The van der Waals surface area contributed by atoms with Gasteiger partial charge in [-0.25, -0.2) is 0 Å². The average Bonchev–Trinajstić information content (AvgIpc) is 3.44. The molecule has 2 atom stereocenters. The monoisotopic (exact) mass is 1130 g/mol. The zero-order valence-corrected chi connectivity index (χ0v) is 53.4. The Balaban J connectivity index is 3.99. The molecule has 0 aliphatic heterocycles. The van der Waals surface area contributed by atoms with Gasteiger partial charge in [0.05, 0.1) is 40.3 Å². The highest BCUT2D eigenvalue weighted by molar-refractivity contribution is 5.70. The number of quaternary nitrogens is 1. The maximum Gasteiger partial charge on any atom is 0.306 e. The smallest absolute Gasteiger partial charge is 0.306 e. The molecule has 0 fully saturated rings. The van der Waals surface area contributed by atoms with Gasteiger partial charge in [0, 0.05) is 12.8 Å². The molecule has 0 heterocycles. The van der Waals surface area contributed by atoms with E-state index >= 15 is 0 Å². The van der Waals surface area contributed by atoms with E-state index in [2.05, 4.69) is 98.9 Å². The van der Waals surface area contributed by atoms with E-state index in [-0.39, 0.29) is 32.2 Å². The van der Waals surface area contributed by atoms with Crippen molar-refractivity contribution in [3.05, 3.63) is 85.1 Å². The lowest BCUT2D eigenvalue weighted by molar-refractivity contribution is -0.870. The Kier molecular flexibility index (Phi) is 59.8. The van der Waals surface area contributed by atoms with Crippen molar-refractivity contribution < 1.29 is 42.9 Å². The van der Waals surface area contributed by atoms with Crippen molar-refractivity contribution in [1.82, 2.24) is 0 Å². The summed E-state index contributed by atoms with van der Waals surface area (Å²) in [5, 5.41) is 11.8. The number of allylic oxidation sites excluding steroid dienone is 14.